The van der Waals surface area contributed by atoms with Gasteiger partial charge in [-0.2, -0.15) is 0 Å². The Morgan fingerprint density at radius 3 is 2.67 bits per heavy atom. The Bertz CT molecular complexity index is 1130. The maximum absolute atomic E-state index is 12.8. The molecule has 0 spiro atoms. The van der Waals surface area contributed by atoms with Crippen molar-refractivity contribution in [2.75, 3.05) is 37.6 Å². The molecule has 0 radical (unpaired) electrons. The topological polar surface area (TPSA) is 48.5 Å². The van der Waals surface area contributed by atoms with Gasteiger partial charge in [-0.1, -0.05) is 29.8 Å². The largest absolute Gasteiger partial charge is 0.369 e. The maximum atomic E-state index is 12.8. The molecule has 1 saturated heterocycles. The molecule has 3 aromatic rings. The molecule has 0 bridgehead atoms. The van der Waals surface area contributed by atoms with E-state index in [1.54, 1.807) is 6.20 Å². The van der Waals surface area contributed by atoms with Crippen molar-refractivity contribution in [1.29, 1.82) is 0 Å². The zero-order chi connectivity index (χ0) is 22.8. The van der Waals surface area contributed by atoms with Gasteiger partial charge in [-0.25, -0.2) is 0 Å². The number of nitrogens with one attached hydrogen (secondary N) is 1. The number of anilines is 1. The molecule has 2 aliphatic rings. The van der Waals surface area contributed by atoms with Gasteiger partial charge in [0.2, 0.25) is 0 Å². The van der Waals surface area contributed by atoms with E-state index in [0.29, 0.717) is 5.92 Å². The molecule has 6 heteroatoms. The number of aromatic nitrogens is 1. The molecule has 5 nitrogen and oxygen atoms in total. The third kappa shape index (κ3) is 4.85. The number of fused-ring (bicyclic) bond motifs is 1. The second kappa shape index (κ2) is 9.70. The zero-order valence-electron chi connectivity index (χ0n) is 19.1. The lowest BCUT2D eigenvalue weighted by atomic mass is 9.78. The van der Waals surface area contributed by atoms with Crippen LogP contribution in [0.5, 0.6) is 0 Å². The summed E-state index contributed by atoms with van der Waals surface area (Å²) in [6, 6.07) is 16.1. The molecule has 1 aromatic heterocycles. The summed E-state index contributed by atoms with van der Waals surface area (Å²) in [7, 11) is 0. The van der Waals surface area contributed by atoms with E-state index < -0.39 is 0 Å². The van der Waals surface area contributed by atoms with E-state index in [1.807, 2.05) is 42.5 Å². The molecule has 1 aliphatic carbocycles. The van der Waals surface area contributed by atoms with Gasteiger partial charge in [0.25, 0.3) is 5.91 Å². The van der Waals surface area contributed by atoms with Crippen molar-refractivity contribution in [1.82, 2.24) is 15.2 Å². The number of piperazine rings is 1. The number of hydrogen-bond donors (Lipinski definition) is 1. The lowest BCUT2D eigenvalue weighted by molar-refractivity contribution is 0.0879. The number of pyridine rings is 1. The molecule has 1 amide bonds. The van der Waals surface area contributed by atoms with Crippen molar-refractivity contribution in [3.63, 3.8) is 0 Å². The molecular weight excluding hydrogens is 432 g/mol. The number of carbonyl (C=O) groups excluding carboxylic acids is 1. The number of hydrogen-bond acceptors (Lipinski definition) is 4. The van der Waals surface area contributed by atoms with E-state index in [2.05, 4.69) is 33.1 Å². The molecule has 1 N–H and O–H groups in total. The monoisotopic (exact) mass is 462 g/mol. The van der Waals surface area contributed by atoms with E-state index in [4.69, 9.17) is 11.6 Å². The van der Waals surface area contributed by atoms with E-state index >= 15 is 0 Å². The quantitative estimate of drug-likeness (QED) is 0.565. The first kappa shape index (κ1) is 22.2. The highest BCUT2D eigenvalue weighted by atomic mass is 35.5. The summed E-state index contributed by atoms with van der Waals surface area (Å²) in [5, 5.41) is 4.99. The fourth-order valence-corrected chi connectivity index (χ4v) is 5.34. The Morgan fingerprint density at radius 2 is 1.85 bits per heavy atom. The Kier molecular flexibility index (Phi) is 6.52. The van der Waals surface area contributed by atoms with Crippen LogP contribution < -0.4 is 10.2 Å². The summed E-state index contributed by atoms with van der Waals surface area (Å²) in [6.07, 6.45) is 5.13. The van der Waals surface area contributed by atoms with Crippen molar-refractivity contribution in [2.45, 2.75) is 32.2 Å². The first-order chi connectivity index (χ1) is 16.1. The van der Waals surface area contributed by atoms with Gasteiger partial charge in [-0.05, 0) is 74.5 Å². The van der Waals surface area contributed by atoms with Crippen molar-refractivity contribution in [2.24, 2.45) is 5.92 Å². The first-order valence-electron chi connectivity index (χ1n) is 12.0. The van der Waals surface area contributed by atoms with E-state index in [-0.39, 0.29) is 11.9 Å². The summed E-state index contributed by atoms with van der Waals surface area (Å²) >= 11 is 6.31. The molecular formula is C27H31ClN4O. The highest BCUT2D eigenvalue weighted by Gasteiger charge is 2.31. The summed E-state index contributed by atoms with van der Waals surface area (Å²) in [5.74, 6) is 0.724. The number of rotatable bonds is 6. The van der Waals surface area contributed by atoms with E-state index in [9.17, 15) is 4.79 Å². The zero-order valence-corrected chi connectivity index (χ0v) is 19.9. The third-order valence-corrected chi connectivity index (χ3v) is 7.68. The molecule has 1 aliphatic heterocycles. The third-order valence-electron chi connectivity index (χ3n) is 7.27. The van der Waals surface area contributed by atoms with Crippen LogP contribution in [0.25, 0.3) is 10.9 Å². The van der Waals surface area contributed by atoms with Crippen LogP contribution in [0.1, 0.15) is 35.2 Å². The van der Waals surface area contributed by atoms with E-state index in [0.717, 1.165) is 67.1 Å². The lowest BCUT2D eigenvalue weighted by Crippen LogP contribution is -2.48. The normalized spacial score (nSPS) is 21.1. The predicted molar refractivity (Wildman–Crippen MR) is 135 cm³/mol. The molecule has 1 saturated carbocycles. The van der Waals surface area contributed by atoms with Gasteiger partial charge in [0.05, 0.1) is 5.52 Å². The summed E-state index contributed by atoms with van der Waals surface area (Å²) < 4.78 is 0. The number of halogens is 1. The second-order valence-electron chi connectivity index (χ2n) is 9.38. The molecule has 33 heavy (non-hydrogen) atoms. The fourth-order valence-electron chi connectivity index (χ4n) is 5.17. The summed E-state index contributed by atoms with van der Waals surface area (Å²) in [4.78, 5) is 22.2. The fraction of sp³-hybridized carbons (Fsp3) is 0.407. The van der Waals surface area contributed by atoms with Crippen LogP contribution in [0.4, 0.5) is 5.69 Å². The average Bonchev–Trinajstić information content (AvgIpc) is 2.82. The standard InChI is InChI=1S/C27H31ClN4O/c1-19-24(28)7-3-9-26(19)32-15-13-31(14-16-32)12-10-20-17-21(18-20)30-27(33)23-5-2-8-25-22(23)6-4-11-29-25/h2-9,11,20-21H,10,12-18H2,1H3,(H,30,33). The van der Waals surface area contributed by atoms with Crippen LogP contribution in [-0.4, -0.2) is 54.6 Å². The molecule has 2 aromatic carbocycles. The molecule has 0 unspecified atom stereocenters. The lowest BCUT2D eigenvalue weighted by Gasteiger charge is -2.40. The second-order valence-corrected chi connectivity index (χ2v) is 9.79. The minimum absolute atomic E-state index is 0.0180. The summed E-state index contributed by atoms with van der Waals surface area (Å²) in [5.41, 5.74) is 4.02. The Labute approximate surface area is 200 Å². The van der Waals surface area contributed by atoms with Crippen LogP contribution in [0, 0.1) is 12.8 Å². The van der Waals surface area contributed by atoms with Crippen LogP contribution in [0.2, 0.25) is 5.02 Å². The van der Waals surface area contributed by atoms with Gasteiger partial charge in [0.15, 0.2) is 0 Å². The number of amides is 1. The van der Waals surface area contributed by atoms with Crippen molar-refractivity contribution in [3.05, 3.63) is 70.9 Å². The van der Waals surface area contributed by atoms with Gasteiger partial charge >= 0.3 is 0 Å². The smallest absolute Gasteiger partial charge is 0.252 e. The molecule has 5 rings (SSSR count). The van der Waals surface area contributed by atoms with Crippen LogP contribution >= 0.6 is 11.6 Å². The minimum atomic E-state index is 0.0180. The number of benzene rings is 2. The Balaban J connectivity index is 1.05. The highest BCUT2D eigenvalue weighted by molar-refractivity contribution is 6.31. The first-order valence-corrected chi connectivity index (χ1v) is 12.3. The van der Waals surface area contributed by atoms with Crippen LogP contribution in [0.3, 0.4) is 0 Å². The Morgan fingerprint density at radius 1 is 1.06 bits per heavy atom. The van der Waals surface area contributed by atoms with Gasteiger partial charge in [-0.15, -0.1) is 0 Å². The number of carbonyl (C=O) groups is 1. The van der Waals surface area contributed by atoms with Crippen molar-refractivity contribution in [3.8, 4) is 0 Å². The SMILES string of the molecule is Cc1c(Cl)cccc1N1CCN(CCC2CC(NC(=O)c3cccc4ncccc34)C2)CC1. The van der Waals surface area contributed by atoms with Crippen LogP contribution in [0.15, 0.2) is 54.7 Å². The van der Waals surface area contributed by atoms with E-state index in [1.165, 1.54) is 17.7 Å². The maximum Gasteiger partial charge on any atom is 0.252 e. The minimum Gasteiger partial charge on any atom is -0.369 e. The van der Waals surface area contributed by atoms with Gasteiger partial charge in [0.1, 0.15) is 0 Å². The molecule has 2 fully saturated rings. The number of nitrogens with zero attached hydrogens (tertiary/aromatic N) is 3. The van der Waals surface area contributed by atoms with Gasteiger partial charge in [0, 0.05) is 60.1 Å². The molecule has 0 atom stereocenters. The molecule has 172 valence electrons. The van der Waals surface area contributed by atoms with Crippen molar-refractivity contribution < 1.29 is 4.79 Å². The van der Waals surface area contributed by atoms with Crippen molar-refractivity contribution >= 4 is 34.1 Å². The summed E-state index contributed by atoms with van der Waals surface area (Å²) in [6.45, 7) is 7.52. The Hall–Kier alpha value is -2.63. The predicted octanol–water partition coefficient (Wildman–Crippen LogP) is 4.92. The average molecular weight is 463 g/mol. The van der Waals surface area contributed by atoms with Crippen LogP contribution in [-0.2, 0) is 0 Å². The van der Waals surface area contributed by atoms with Gasteiger partial charge < -0.3 is 10.2 Å². The highest BCUT2D eigenvalue weighted by Crippen LogP contribution is 2.32. The van der Waals surface area contributed by atoms with Gasteiger partial charge in [-0.3, -0.25) is 14.7 Å². The molecule has 2 heterocycles.